The molecule has 3 N–H and O–H groups in total. The predicted molar refractivity (Wildman–Crippen MR) is 118 cm³/mol. The highest BCUT2D eigenvalue weighted by molar-refractivity contribution is 8.13. The molecule has 0 bridgehead atoms. The summed E-state index contributed by atoms with van der Waals surface area (Å²) in [6, 6.07) is 13.2. The highest BCUT2D eigenvalue weighted by atomic mass is 32.2. The Morgan fingerprint density at radius 1 is 1.17 bits per heavy atom. The number of carbonyl (C=O) groups excluding carboxylic acids is 1. The van der Waals surface area contributed by atoms with E-state index in [0.717, 1.165) is 11.3 Å². The maximum absolute atomic E-state index is 12.4. The highest BCUT2D eigenvalue weighted by Gasteiger charge is 2.09. The van der Waals surface area contributed by atoms with Gasteiger partial charge in [-0.25, -0.2) is 9.97 Å². The second-order valence-electron chi connectivity index (χ2n) is 6.09. The Kier molecular flexibility index (Phi) is 7.73. The molecule has 3 aromatic rings. The minimum Gasteiger partial charge on any atom is -0.477 e. The number of thioether (sulfide) groups is 1. The molecule has 0 radical (unpaired) electrons. The molecular weight excluding hydrogens is 400 g/mol. The first kappa shape index (κ1) is 21.3. The van der Waals surface area contributed by atoms with E-state index in [1.165, 1.54) is 24.2 Å². The maximum Gasteiger partial charge on any atom is 0.275 e. The average molecular weight is 423 g/mol. The summed E-state index contributed by atoms with van der Waals surface area (Å²) in [5.74, 6) is 0.694. The predicted octanol–water partition coefficient (Wildman–Crippen LogP) is 3.27. The number of aliphatic imine (C=N–C) groups is 1. The van der Waals surface area contributed by atoms with Crippen molar-refractivity contribution in [3.63, 3.8) is 0 Å². The summed E-state index contributed by atoms with van der Waals surface area (Å²) in [5.41, 5.74) is 8.71. The van der Waals surface area contributed by atoms with E-state index in [1.807, 2.05) is 43.3 Å². The first-order chi connectivity index (χ1) is 14.6. The van der Waals surface area contributed by atoms with Crippen LogP contribution < -0.4 is 15.8 Å². The summed E-state index contributed by atoms with van der Waals surface area (Å²) in [6.45, 7) is 2.75. The van der Waals surface area contributed by atoms with E-state index in [4.69, 9.17) is 10.5 Å². The molecule has 0 aliphatic carbocycles. The first-order valence-corrected chi connectivity index (χ1v) is 10.3. The SMILES string of the molecule is CCOc1cnc(C(=O)Nc2cccc(C/N=C(/N)SCc3ccccn3)c2)cn1. The normalized spacial score (nSPS) is 11.2. The van der Waals surface area contributed by atoms with Gasteiger partial charge in [-0.2, -0.15) is 0 Å². The first-order valence-electron chi connectivity index (χ1n) is 9.32. The number of nitrogens with one attached hydrogen (secondary N) is 1. The number of anilines is 1. The molecule has 30 heavy (non-hydrogen) atoms. The molecule has 1 aromatic carbocycles. The van der Waals surface area contributed by atoms with E-state index in [-0.39, 0.29) is 11.6 Å². The molecule has 8 nitrogen and oxygen atoms in total. The van der Waals surface area contributed by atoms with E-state index in [0.29, 0.717) is 35.6 Å². The number of hydrogen-bond acceptors (Lipinski definition) is 7. The molecule has 0 atom stereocenters. The lowest BCUT2D eigenvalue weighted by Crippen LogP contribution is -2.14. The topological polar surface area (TPSA) is 115 Å². The number of carbonyl (C=O) groups is 1. The van der Waals surface area contributed by atoms with Crippen LogP contribution in [0, 0.1) is 0 Å². The monoisotopic (exact) mass is 422 g/mol. The summed E-state index contributed by atoms with van der Waals surface area (Å²) < 4.78 is 5.23. The number of hydrogen-bond donors (Lipinski definition) is 2. The number of aromatic nitrogens is 3. The van der Waals surface area contributed by atoms with Crippen LogP contribution in [0.2, 0.25) is 0 Å². The zero-order chi connectivity index (χ0) is 21.2. The van der Waals surface area contributed by atoms with Gasteiger partial charge >= 0.3 is 0 Å². The van der Waals surface area contributed by atoms with E-state index >= 15 is 0 Å². The second kappa shape index (κ2) is 10.9. The zero-order valence-electron chi connectivity index (χ0n) is 16.5. The van der Waals surface area contributed by atoms with Crippen molar-refractivity contribution in [2.24, 2.45) is 10.7 Å². The van der Waals surface area contributed by atoms with Crippen LogP contribution in [0.15, 0.2) is 66.0 Å². The van der Waals surface area contributed by atoms with Crippen molar-refractivity contribution in [1.29, 1.82) is 0 Å². The van der Waals surface area contributed by atoms with E-state index < -0.39 is 0 Å². The van der Waals surface area contributed by atoms with Crippen molar-refractivity contribution < 1.29 is 9.53 Å². The van der Waals surface area contributed by atoms with Crippen LogP contribution in [0.4, 0.5) is 5.69 Å². The van der Waals surface area contributed by atoms with Crippen LogP contribution in [0.3, 0.4) is 0 Å². The summed E-state index contributed by atoms with van der Waals surface area (Å²) in [7, 11) is 0. The minimum atomic E-state index is -0.350. The molecule has 0 saturated carbocycles. The van der Waals surface area contributed by atoms with Crippen LogP contribution in [-0.2, 0) is 12.3 Å². The number of rotatable bonds is 8. The molecule has 9 heteroatoms. The third kappa shape index (κ3) is 6.56. The number of ether oxygens (including phenoxy) is 1. The number of amides is 1. The Morgan fingerprint density at radius 2 is 2.07 bits per heavy atom. The fourth-order valence-electron chi connectivity index (χ4n) is 2.44. The van der Waals surface area contributed by atoms with Gasteiger partial charge in [0.25, 0.3) is 5.91 Å². The van der Waals surface area contributed by atoms with Crippen molar-refractivity contribution in [3.8, 4) is 5.88 Å². The summed E-state index contributed by atoms with van der Waals surface area (Å²) in [5, 5.41) is 3.29. The summed E-state index contributed by atoms with van der Waals surface area (Å²) >= 11 is 1.44. The van der Waals surface area contributed by atoms with Gasteiger partial charge in [0.1, 0.15) is 5.69 Å². The van der Waals surface area contributed by atoms with Gasteiger partial charge in [-0.15, -0.1) is 0 Å². The molecule has 0 aliphatic rings. The van der Waals surface area contributed by atoms with Crippen molar-refractivity contribution in [2.75, 3.05) is 11.9 Å². The molecule has 2 heterocycles. The van der Waals surface area contributed by atoms with E-state index in [9.17, 15) is 4.79 Å². The van der Waals surface area contributed by atoms with Crippen LogP contribution in [-0.4, -0.2) is 32.6 Å². The number of nitrogens with zero attached hydrogens (tertiary/aromatic N) is 4. The quantitative estimate of drug-likeness (QED) is 0.423. The Bertz CT molecular complexity index is 996. The van der Waals surface area contributed by atoms with Gasteiger partial charge in [0.2, 0.25) is 5.88 Å². The van der Waals surface area contributed by atoms with Gasteiger partial charge in [0, 0.05) is 17.6 Å². The number of benzene rings is 1. The van der Waals surface area contributed by atoms with Crippen molar-refractivity contribution >= 4 is 28.5 Å². The lowest BCUT2D eigenvalue weighted by molar-refractivity contribution is 0.102. The average Bonchev–Trinajstić information content (AvgIpc) is 2.78. The van der Waals surface area contributed by atoms with Crippen LogP contribution in [0.1, 0.15) is 28.7 Å². The van der Waals surface area contributed by atoms with E-state index in [1.54, 1.807) is 12.3 Å². The van der Waals surface area contributed by atoms with Gasteiger partial charge < -0.3 is 15.8 Å². The molecule has 3 rings (SSSR count). The molecule has 0 fully saturated rings. The van der Waals surface area contributed by atoms with Crippen LogP contribution in [0.5, 0.6) is 5.88 Å². The fourth-order valence-corrected chi connectivity index (χ4v) is 3.07. The zero-order valence-corrected chi connectivity index (χ0v) is 17.3. The standard InChI is InChI=1S/C21H22N6O2S/c1-2-29-19-13-24-18(12-25-19)20(28)27-16-8-5-6-15(10-16)11-26-21(22)30-14-17-7-3-4-9-23-17/h3-10,12-13H,2,11,14H2,1H3,(H2,22,26)(H,27,28). The fraction of sp³-hybridized carbons (Fsp3) is 0.190. The smallest absolute Gasteiger partial charge is 0.275 e. The molecule has 2 aromatic heterocycles. The number of nitrogens with two attached hydrogens (primary N) is 1. The van der Waals surface area contributed by atoms with Gasteiger partial charge in [-0.3, -0.25) is 14.8 Å². The van der Waals surface area contributed by atoms with Crippen LogP contribution in [0.25, 0.3) is 0 Å². The third-order valence-corrected chi connectivity index (χ3v) is 4.71. The van der Waals surface area contributed by atoms with Gasteiger partial charge in [-0.05, 0) is 36.8 Å². The van der Waals surface area contributed by atoms with Crippen LogP contribution >= 0.6 is 11.8 Å². The largest absolute Gasteiger partial charge is 0.477 e. The Labute approximate surface area is 179 Å². The molecule has 0 saturated heterocycles. The lowest BCUT2D eigenvalue weighted by atomic mass is 10.2. The second-order valence-corrected chi connectivity index (χ2v) is 7.09. The Hall–Kier alpha value is -3.46. The minimum absolute atomic E-state index is 0.206. The molecule has 154 valence electrons. The third-order valence-electron chi connectivity index (χ3n) is 3.85. The Balaban J connectivity index is 1.55. The lowest BCUT2D eigenvalue weighted by Gasteiger charge is -2.07. The Morgan fingerprint density at radius 3 is 2.80 bits per heavy atom. The van der Waals surface area contributed by atoms with E-state index in [2.05, 4.69) is 25.3 Å². The number of pyridine rings is 1. The van der Waals surface area contributed by atoms with Gasteiger partial charge in [0.05, 0.1) is 31.2 Å². The molecule has 0 spiro atoms. The maximum atomic E-state index is 12.4. The van der Waals surface area contributed by atoms with Gasteiger partial charge in [-0.1, -0.05) is 30.0 Å². The molecule has 1 amide bonds. The van der Waals surface area contributed by atoms with Crippen molar-refractivity contribution in [1.82, 2.24) is 15.0 Å². The van der Waals surface area contributed by atoms with Crippen molar-refractivity contribution in [2.45, 2.75) is 19.2 Å². The molecular formula is C21H22N6O2S. The highest BCUT2D eigenvalue weighted by Crippen LogP contribution is 2.15. The van der Waals surface area contributed by atoms with Crippen molar-refractivity contribution in [3.05, 3.63) is 78.0 Å². The molecule has 0 aliphatic heterocycles. The summed E-state index contributed by atoms with van der Waals surface area (Å²) in [6.07, 6.45) is 4.56. The molecule has 0 unspecified atom stereocenters. The summed E-state index contributed by atoms with van der Waals surface area (Å²) in [4.78, 5) is 29.2. The number of amidine groups is 1. The van der Waals surface area contributed by atoms with Gasteiger partial charge in [0.15, 0.2) is 5.17 Å².